The van der Waals surface area contributed by atoms with Crippen molar-refractivity contribution >= 4 is 8.56 Å². The molecule has 2 aromatic carbocycles. The van der Waals surface area contributed by atoms with Crippen LogP contribution in [0.15, 0.2) is 85.0 Å². The Balaban J connectivity index is 2.13. The molecule has 31 heavy (non-hydrogen) atoms. The van der Waals surface area contributed by atoms with Gasteiger partial charge in [0.2, 0.25) is 0 Å². The van der Waals surface area contributed by atoms with Gasteiger partial charge in [0.1, 0.15) is 11.5 Å². The third kappa shape index (κ3) is 10.5. The molecule has 2 rings (SSSR count). The van der Waals surface area contributed by atoms with Crippen LogP contribution in [-0.4, -0.2) is 35.0 Å². The Morgan fingerprint density at radius 2 is 1.06 bits per heavy atom. The van der Waals surface area contributed by atoms with Crippen molar-refractivity contribution in [3.05, 3.63) is 85.0 Å². The van der Waals surface area contributed by atoms with E-state index in [9.17, 15) is 0 Å². The lowest BCUT2D eigenvalue weighted by Crippen LogP contribution is -2.49. The first-order valence-corrected chi connectivity index (χ1v) is 13.1. The highest BCUT2D eigenvalue weighted by molar-refractivity contribution is 6.68. The van der Waals surface area contributed by atoms with Gasteiger partial charge in [-0.2, -0.15) is 0 Å². The van der Waals surface area contributed by atoms with E-state index in [1.54, 1.807) is 0 Å². The first-order chi connectivity index (χ1) is 15.0. The lowest BCUT2D eigenvalue weighted by molar-refractivity contribution is 0.152. The first kappa shape index (κ1) is 24.9. The molecule has 0 aliphatic heterocycles. The summed E-state index contributed by atoms with van der Waals surface area (Å²) in [4.78, 5) is 0. The summed E-state index contributed by atoms with van der Waals surface area (Å²) in [5, 5.41) is 0. The quantitative estimate of drug-likeness (QED) is 0.168. The molecule has 0 saturated carbocycles. The third-order valence-corrected chi connectivity index (χ3v) is 7.93. The van der Waals surface area contributed by atoms with E-state index < -0.39 is 8.56 Å². The van der Waals surface area contributed by atoms with Crippen LogP contribution in [0.1, 0.15) is 26.7 Å². The number of para-hydroxylation sites is 2. The molecule has 0 bridgehead atoms. The minimum absolute atomic E-state index is 0.586. The zero-order valence-corrected chi connectivity index (χ0v) is 20.0. The number of hydrogen-bond donors (Lipinski definition) is 0. The van der Waals surface area contributed by atoms with E-state index in [0.29, 0.717) is 26.4 Å². The highest BCUT2D eigenvalue weighted by Gasteiger charge is 2.41. The Bertz CT molecular complexity index is 709. The van der Waals surface area contributed by atoms with Gasteiger partial charge in [-0.25, -0.2) is 0 Å². The zero-order valence-electron chi connectivity index (χ0n) is 19.0. The first-order valence-electron chi connectivity index (χ1n) is 10.9. The second-order valence-corrected chi connectivity index (χ2v) is 11.2. The van der Waals surface area contributed by atoms with Crippen LogP contribution >= 0.6 is 0 Å². The Kier molecular flexibility index (Phi) is 11.1. The monoisotopic (exact) mass is 440 g/mol. The van der Waals surface area contributed by atoms with Crippen molar-refractivity contribution in [2.75, 3.05) is 26.4 Å². The minimum atomic E-state index is -2.64. The maximum Gasteiger partial charge on any atom is 0.460 e. The number of ether oxygens (including phenoxy) is 2. The van der Waals surface area contributed by atoms with Crippen molar-refractivity contribution in [1.82, 2.24) is 0 Å². The molecule has 168 valence electrons. The van der Waals surface area contributed by atoms with Gasteiger partial charge >= 0.3 is 8.56 Å². The van der Waals surface area contributed by atoms with Gasteiger partial charge in [0.25, 0.3) is 0 Å². The summed E-state index contributed by atoms with van der Waals surface area (Å²) in [6.45, 7) is 14.2. The standard InChI is InChI=1S/C26H36O4Si/c1-23(2)21-27-17-11-19-31(20-12-18-28-22-24(3)4,29-25-13-7-5-8-14-25)30-26-15-9-6-10-16-26/h5-10,13-16H,1,3,11-12,17-22H2,2,4H3. The lowest BCUT2D eigenvalue weighted by Gasteiger charge is -2.32. The largest absolute Gasteiger partial charge is 0.512 e. The van der Waals surface area contributed by atoms with E-state index in [1.165, 1.54) is 0 Å². The van der Waals surface area contributed by atoms with E-state index in [2.05, 4.69) is 13.2 Å². The summed E-state index contributed by atoms with van der Waals surface area (Å²) in [5.74, 6) is 1.69. The van der Waals surface area contributed by atoms with E-state index >= 15 is 0 Å². The molecule has 0 heterocycles. The fourth-order valence-corrected chi connectivity index (χ4v) is 6.33. The Labute approximate surface area is 188 Å². The summed E-state index contributed by atoms with van der Waals surface area (Å²) in [6, 6.07) is 21.6. The van der Waals surface area contributed by atoms with Gasteiger partial charge in [0.05, 0.1) is 13.2 Å². The molecule has 0 saturated heterocycles. The SMILES string of the molecule is C=C(C)COCCC[Si](CCCOCC(=C)C)(Oc1ccccc1)Oc1ccccc1. The predicted molar refractivity (Wildman–Crippen MR) is 130 cm³/mol. The van der Waals surface area contributed by atoms with Crippen LogP contribution in [-0.2, 0) is 9.47 Å². The average molecular weight is 441 g/mol. The molecule has 4 nitrogen and oxygen atoms in total. The molecule has 0 aliphatic rings. The normalized spacial score (nSPS) is 11.2. The van der Waals surface area contributed by atoms with Gasteiger partial charge in [-0.3, -0.25) is 0 Å². The van der Waals surface area contributed by atoms with Crippen LogP contribution in [0.5, 0.6) is 11.5 Å². The Morgan fingerprint density at radius 3 is 1.42 bits per heavy atom. The smallest absolute Gasteiger partial charge is 0.460 e. The fraction of sp³-hybridized carbons (Fsp3) is 0.385. The van der Waals surface area contributed by atoms with E-state index in [1.807, 2.05) is 74.5 Å². The van der Waals surface area contributed by atoms with Gasteiger partial charge in [0, 0.05) is 25.3 Å². The molecule has 0 radical (unpaired) electrons. The molecule has 0 amide bonds. The highest BCUT2D eigenvalue weighted by Crippen LogP contribution is 2.28. The molecular weight excluding hydrogens is 404 g/mol. The summed E-state index contributed by atoms with van der Waals surface area (Å²) >= 11 is 0. The average Bonchev–Trinajstić information content (AvgIpc) is 2.74. The van der Waals surface area contributed by atoms with Crippen molar-refractivity contribution < 1.29 is 18.3 Å². The molecule has 0 atom stereocenters. The molecule has 0 N–H and O–H groups in total. The topological polar surface area (TPSA) is 36.9 Å². The van der Waals surface area contributed by atoms with Crippen molar-refractivity contribution in [3.8, 4) is 11.5 Å². The minimum Gasteiger partial charge on any atom is -0.512 e. The third-order valence-electron chi connectivity index (χ3n) is 4.48. The second kappa shape index (κ2) is 13.9. The van der Waals surface area contributed by atoms with E-state index in [0.717, 1.165) is 47.6 Å². The number of rotatable bonds is 16. The predicted octanol–water partition coefficient (Wildman–Crippen LogP) is 6.55. The van der Waals surface area contributed by atoms with Gasteiger partial charge in [-0.15, -0.1) is 0 Å². The summed E-state index contributed by atoms with van der Waals surface area (Å²) in [5.41, 5.74) is 2.05. The van der Waals surface area contributed by atoms with Gasteiger partial charge in [-0.05, 0) is 51.0 Å². The Hall–Kier alpha value is -2.34. The summed E-state index contributed by atoms with van der Waals surface area (Å²) in [6.07, 6.45) is 1.73. The molecule has 2 aromatic rings. The molecular formula is C26H36O4Si. The van der Waals surface area contributed by atoms with Crippen LogP contribution in [0.2, 0.25) is 12.1 Å². The number of hydrogen-bond acceptors (Lipinski definition) is 4. The molecule has 0 aromatic heterocycles. The maximum absolute atomic E-state index is 6.63. The van der Waals surface area contributed by atoms with E-state index in [4.69, 9.17) is 18.3 Å². The van der Waals surface area contributed by atoms with Crippen molar-refractivity contribution in [2.45, 2.75) is 38.8 Å². The van der Waals surface area contributed by atoms with Crippen LogP contribution in [0.3, 0.4) is 0 Å². The summed E-state index contributed by atoms with van der Waals surface area (Å²) in [7, 11) is -2.64. The van der Waals surface area contributed by atoms with Crippen LogP contribution in [0.25, 0.3) is 0 Å². The van der Waals surface area contributed by atoms with Gasteiger partial charge in [-0.1, -0.05) is 60.7 Å². The Morgan fingerprint density at radius 1 is 0.677 bits per heavy atom. The molecule has 0 unspecified atom stereocenters. The van der Waals surface area contributed by atoms with Gasteiger partial charge in [0.15, 0.2) is 0 Å². The zero-order chi connectivity index (χ0) is 22.4. The number of benzene rings is 2. The molecule has 0 spiro atoms. The highest BCUT2D eigenvalue weighted by atomic mass is 28.4. The summed E-state index contributed by atoms with van der Waals surface area (Å²) < 4.78 is 24.7. The van der Waals surface area contributed by atoms with Crippen molar-refractivity contribution in [3.63, 3.8) is 0 Å². The van der Waals surface area contributed by atoms with Crippen LogP contribution in [0.4, 0.5) is 0 Å². The second-order valence-electron chi connectivity index (χ2n) is 7.97. The molecule has 0 aliphatic carbocycles. The van der Waals surface area contributed by atoms with E-state index in [-0.39, 0.29) is 0 Å². The van der Waals surface area contributed by atoms with Crippen molar-refractivity contribution in [1.29, 1.82) is 0 Å². The van der Waals surface area contributed by atoms with Crippen molar-refractivity contribution in [2.24, 2.45) is 0 Å². The fourth-order valence-electron chi connectivity index (χ4n) is 3.14. The molecule has 5 heteroatoms. The molecule has 0 fully saturated rings. The van der Waals surface area contributed by atoms with Crippen LogP contribution in [0, 0.1) is 0 Å². The van der Waals surface area contributed by atoms with Gasteiger partial charge < -0.3 is 18.3 Å². The lowest BCUT2D eigenvalue weighted by atomic mass is 10.3. The van der Waals surface area contributed by atoms with Crippen LogP contribution < -0.4 is 8.85 Å². The maximum atomic E-state index is 6.63.